The second-order valence-electron chi connectivity index (χ2n) is 5.02. The molecule has 0 radical (unpaired) electrons. The second-order valence-corrected chi connectivity index (χ2v) is 7.16. The largest absolute Gasteiger partial charge is 0.330 e. The minimum absolute atomic E-state index is 0.0136. The van der Waals surface area contributed by atoms with E-state index in [-0.39, 0.29) is 17.2 Å². The van der Waals surface area contributed by atoms with Crippen LogP contribution in [0.15, 0.2) is 0 Å². The van der Waals surface area contributed by atoms with Crippen LogP contribution in [0, 0.1) is 5.41 Å². The maximum atomic E-state index is 11.8. The van der Waals surface area contributed by atoms with Gasteiger partial charge in [0.25, 0.3) is 0 Å². The van der Waals surface area contributed by atoms with Gasteiger partial charge in [0.05, 0.1) is 5.75 Å². The molecule has 5 heteroatoms. The van der Waals surface area contributed by atoms with Gasteiger partial charge in [-0.25, -0.2) is 12.7 Å². The molecule has 2 N–H and O–H groups in total. The first-order valence-corrected chi connectivity index (χ1v) is 6.89. The summed E-state index contributed by atoms with van der Waals surface area (Å²) >= 11 is 0. The summed E-state index contributed by atoms with van der Waals surface area (Å²) in [6.45, 7) is 8.45. The van der Waals surface area contributed by atoms with Crippen molar-refractivity contribution < 1.29 is 8.42 Å². The number of nitrogens with zero attached hydrogens (tertiary/aromatic N) is 1. The smallest absolute Gasteiger partial charge is 0.214 e. The minimum atomic E-state index is -3.15. The summed E-state index contributed by atoms with van der Waals surface area (Å²) in [4.78, 5) is 0. The Morgan fingerprint density at radius 3 is 2.13 bits per heavy atom. The Morgan fingerprint density at radius 1 is 1.33 bits per heavy atom. The third kappa shape index (κ3) is 4.49. The van der Waals surface area contributed by atoms with E-state index in [9.17, 15) is 8.42 Å². The van der Waals surface area contributed by atoms with Crippen LogP contribution in [0.5, 0.6) is 0 Å². The average molecular weight is 236 g/mol. The van der Waals surface area contributed by atoms with Crippen LogP contribution in [-0.2, 0) is 10.0 Å². The van der Waals surface area contributed by atoms with E-state index < -0.39 is 10.0 Å². The van der Waals surface area contributed by atoms with Crippen molar-refractivity contribution in [1.29, 1.82) is 0 Å². The molecule has 0 amide bonds. The van der Waals surface area contributed by atoms with Gasteiger partial charge in [-0.05, 0) is 25.3 Å². The third-order valence-corrected chi connectivity index (χ3v) is 4.84. The topological polar surface area (TPSA) is 63.4 Å². The lowest BCUT2D eigenvalue weighted by molar-refractivity contribution is 0.216. The molecular formula is C10H24N2O2S. The lowest BCUT2D eigenvalue weighted by Gasteiger charge is -2.34. The molecule has 0 aliphatic heterocycles. The highest BCUT2D eigenvalue weighted by Crippen LogP contribution is 2.24. The van der Waals surface area contributed by atoms with Crippen molar-refractivity contribution in [1.82, 2.24) is 4.31 Å². The van der Waals surface area contributed by atoms with Crippen molar-refractivity contribution in [3.63, 3.8) is 0 Å². The zero-order chi connectivity index (χ0) is 12.3. The number of rotatable bonds is 5. The van der Waals surface area contributed by atoms with Gasteiger partial charge in [-0.2, -0.15) is 0 Å². The SMILES string of the molecule is CC(N(C)S(=O)(=O)CCCN)C(C)(C)C. The molecule has 92 valence electrons. The van der Waals surface area contributed by atoms with Gasteiger partial charge in [0.2, 0.25) is 10.0 Å². The first-order chi connectivity index (χ1) is 6.63. The lowest BCUT2D eigenvalue weighted by atomic mass is 9.88. The molecule has 0 aliphatic carbocycles. The molecule has 0 aliphatic rings. The van der Waals surface area contributed by atoms with Gasteiger partial charge in [0.1, 0.15) is 0 Å². The maximum absolute atomic E-state index is 11.8. The van der Waals surface area contributed by atoms with E-state index in [4.69, 9.17) is 5.73 Å². The van der Waals surface area contributed by atoms with Crippen LogP contribution in [0.25, 0.3) is 0 Å². The molecule has 0 saturated carbocycles. The summed E-state index contributed by atoms with van der Waals surface area (Å²) in [5, 5.41) is 0. The van der Waals surface area contributed by atoms with E-state index in [1.807, 2.05) is 27.7 Å². The van der Waals surface area contributed by atoms with E-state index in [0.717, 1.165) is 0 Å². The van der Waals surface area contributed by atoms with Crippen LogP contribution in [0.4, 0.5) is 0 Å². The van der Waals surface area contributed by atoms with Crippen LogP contribution in [0.1, 0.15) is 34.1 Å². The molecule has 0 heterocycles. The van der Waals surface area contributed by atoms with E-state index in [0.29, 0.717) is 13.0 Å². The molecule has 1 atom stereocenters. The van der Waals surface area contributed by atoms with E-state index >= 15 is 0 Å². The van der Waals surface area contributed by atoms with Crippen molar-refractivity contribution >= 4 is 10.0 Å². The molecule has 0 aromatic carbocycles. The van der Waals surface area contributed by atoms with Crippen LogP contribution >= 0.6 is 0 Å². The summed E-state index contributed by atoms with van der Waals surface area (Å²) in [7, 11) is -1.51. The van der Waals surface area contributed by atoms with Crippen LogP contribution in [0.3, 0.4) is 0 Å². The molecule has 0 saturated heterocycles. The molecule has 1 unspecified atom stereocenters. The van der Waals surface area contributed by atoms with Crippen molar-refractivity contribution in [3.8, 4) is 0 Å². The Labute approximate surface area is 93.9 Å². The van der Waals surface area contributed by atoms with Gasteiger partial charge in [-0.3, -0.25) is 0 Å². The fraction of sp³-hybridized carbons (Fsp3) is 1.00. The zero-order valence-corrected chi connectivity index (χ0v) is 11.3. The average Bonchev–Trinajstić information content (AvgIpc) is 2.10. The number of sulfonamides is 1. The molecule has 0 fully saturated rings. The summed E-state index contributed by atoms with van der Waals surface area (Å²) in [5.41, 5.74) is 5.26. The summed E-state index contributed by atoms with van der Waals surface area (Å²) in [6, 6.07) is -0.0136. The zero-order valence-electron chi connectivity index (χ0n) is 10.4. The number of hydrogen-bond donors (Lipinski definition) is 1. The van der Waals surface area contributed by atoms with Gasteiger partial charge in [-0.15, -0.1) is 0 Å². The highest BCUT2D eigenvalue weighted by atomic mass is 32.2. The first-order valence-electron chi connectivity index (χ1n) is 5.28. The molecular weight excluding hydrogens is 212 g/mol. The summed E-state index contributed by atoms with van der Waals surface area (Å²) in [5.74, 6) is 0.139. The first kappa shape index (κ1) is 14.9. The number of hydrogen-bond acceptors (Lipinski definition) is 3. The Hall–Kier alpha value is -0.130. The van der Waals surface area contributed by atoms with Gasteiger partial charge >= 0.3 is 0 Å². The normalized spacial score (nSPS) is 15.7. The van der Waals surface area contributed by atoms with Gasteiger partial charge < -0.3 is 5.73 Å². The minimum Gasteiger partial charge on any atom is -0.330 e. The highest BCUT2D eigenvalue weighted by Gasteiger charge is 2.30. The van der Waals surface area contributed by atoms with Crippen LogP contribution in [0.2, 0.25) is 0 Å². The van der Waals surface area contributed by atoms with Crippen LogP contribution < -0.4 is 5.73 Å². The van der Waals surface area contributed by atoms with Crippen molar-refractivity contribution in [2.24, 2.45) is 11.1 Å². The Morgan fingerprint density at radius 2 is 1.80 bits per heavy atom. The maximum Gasteiger partial charge on any atom is 0.214 e. The summed E-state index contributed by atoms with van der Waals surface area (Å²) in [6.07, 6.45) is 0.517. The molecule has 0 spiro atoms. The Bertz CT molecular complexity index is 280. The monoisotopic (exact) mass is 236 g/mol. The van der Waals surface area contributed by atoms with Gasteiger partial charge in [0, 0.05) is 13.1 Å². The fourth-order valence-electron chi connectivity index (χ4n) is 1.20. The second kappa shape index (κ2) is 5.27. The molecule has 0 aromatic heterocycles. The molecule has 0 rings (SSSR count). The van der Waals surface area contributed by atoms with Crippen molar-refractivity contribution in [2.75, 3.05) is 19.3 Å². The van der Waals surface area contributed by atoms with E-state index in [1.165, 1.54) is 4.31 Å². The van der Waals surface area contributed by atoms with E-state index in [1.54, 1.807) is 7.05 Å². The Kier molecular flexibility index (Phi) is 5.23. The molecule has 0 bridgehead atoms. The van der Waals surface area contributed by atoms with Gasteiger partial charge in [-0.1, -0.05) is 20.8 Å². The molecule has 15 heavy (non-hydrogen) atoms. The third-order valence-electron chi connectivity index (χ3n) is 2.84. The number of nitrogens with two attached hydrogens (primary N) is 1. The van der Waals surface area contributed by atoms with Gasteiger partial charge in [0.15, 0.2) is 0 Å². The quantitative estimate of drug-likeness (QED) is 0.775. The lowest BCUT2D eigenvalue weighted by Crippen LogP contribution is -2.44. The Balaban J connectivity index is 4.63. The predicted octanol–water partition coefficient (Wildman–Crippen LogP) is 1.03. The van der Waals surface area contributed by atoms with E-state index in [2.05, 4.69) is 0 Å². The predicted molar refractivity (Wildman–Crippen MR) is 64.1 cm³/mol. The summed E-state index contributed by atoms with van der Waals surface area (Å²) < 4.78 is 25.2. The fourth-order valence-corrected chi connectivity index (χ4v) is 2.81. The standard InChI is InChI=1S/C10H24N2O2S/c1-9(10(2,3)4)12(5)15(13,14)8-6-7-11/h9H,6-8,11H2,1-5H3. The van der Waals surface area contributed by atoms with Crippen molar-refractivity contribution in [3.05, 3.63) is 0 Å². The highest BCUT2D eigenvalue weighted by molar-refractivity contribution is 7.89. The molecule has 4 nitrogen and oxygen atoms in total. The van der Waals surface area contributed by atoms with Crippen LogP contribution in [-0.4, -0.2) is 38.1 Å². The molecule has 0 aromatic rings. The van der Waals surface area contributed by atoms with Crippen molar-refractivity contribution in [2.45, 2.75) is 40.2 Å².